The number of morpholine rings is 1. The van der Waals surface area contributed by atoms with Gasteiger partial charge in [-0.25, -0.2) is 0 Å². The molecule has 0 aromatic carbocycles. The average molecular weight is 269 g/mol. The Morgan fingerprint density at radius 3 is 3.00 bits per heavy atom. The Labute approximate surface area is 111 Å². The topological polar surface area (TPSA) is 87.8 Å². The zero-order valence-corrected chi connectivity index (χ0v) is 11.0. The van der Waals surface area contributed by atoms with Crippen molar-refractivity contribution < 1.29 is 19.2 Å². The number of rotatable bonds is 5. The predicted octanol–water partition coefficient (Wildman–Crippen LogP) is -0.383. The molecule has 0 spiro atoms. The number of amides is 1. The van der Waals surface area contributed by atoms with Crippen LogP contribution in [0.1, 0.15) is 23.2 Å². The van der Waals surface area contributed by atoms with Crippen molar-refractivity contribution in [3.8, 4) is 0 Å². The molecule has 19 heavy (non-hydrogen) atoms. The first kappa shape index (κ1) is 14.0. The molecule has 1 aliphatic heterocycles. The highest BCUT2D eigenvalue weighted by Gasteiger charge is 2.16. The fraction of sp³-hybridized carbons (Fsp3) is 0.667. The summed E-state index contributed by atoms with van der Waals surface area (Å²) in [6, 6.07) is 1.63. The normalized spacial score (nSPS) is 18.2. The van der Waals surface area contributed by atoms with Crippen molar-refractivity contribution in [1.82, 2.24) is 15.4 Å². The summed E-state index contributed by atoms with van der Waals surface area (Å²) in [4.78, 5) is 13.9. The summed E-state index contributed by atoms with van der Waals surface area (Å²) < 4.78 is 10.4. The molecule has 0 radical (unpaired) electrons. The minimum Gasteiger partial charge on any atom is -0.392 e. The van der Waals surface area contributed by atoms with Gasteiger partial charge in [-0.05, 0) is 6.92 Å². The van der Waals surface area contributed by atoms with Crippen molar-refractivity contribution in [2.45, 2.75) is 19.6 Å². The molecule has 2 N–H and O–H groups in total. The molecule has 7 heteroatoms. The third kappa shape index (κ3) is 4.30. The van der Waals surface area contributed by atoms with E-state index in [9.17, 15) is 4.79 Å². The number of aliphatic hydroxyl groups is 1. The Kier molecular flexibility index (Phi) is 4.89. The molecule has 0 bridgehead atoms. The number of hydrogen-bond acceptors (Lipinski definition) is 6. The van der Waals surface area contributed by atoms with Crippen molar-refractivity contribution in [2.75, 3.05) is 32.8 Å². The lowest BCUT2D eigenvalue weighted by Crippen LogP contribution is -2.35. The highest BCUT2D eigenvalue weighted by atomic mass is 16.5. The number of aromatic nitrogens is 1. The highest BCUT2D eigenvalue weighted by Crippen LogP contribution is 2.09. The van der Waals surface area contributed by atoms with Crippen molar-refractivity contribution in [3.63, 3.8) is 0 Å². The monoisotopic (exact) mass is 269 g/mol. The Balaban J connectivity index is 1.85. The van der Waals surface area contributed by atoms with E-state index in [0.29, 0.717) is 12.3 Å². The molecule has 1 atom stereocenters. The van der Waals surface area contributed by atoms with Gasteiger partial charge in [0.05, 0.1) is 25.9 Å². The van der Waals surface area contributed by atoms with Crippen LogP contribution in [0.2, 0.25) is 0 Å². The first-order valence-corrected chi connectivity index (χ1v) is 6.37. The maximum Gasteiger partial charge on any atom is 0.273 e. The number of ether oxygens (including phenoxy) is 1. The van der Waals surface area contributed by atoms with Gasteiger partial charge in [0, 0.05) is 25.7 Å². The number of hydrogen-bond donors (Lipinski definition) is 2. The second-order valence-corrected chi connectivity index (χ2v) is 4.63. The molecule has 1 amide bonds. The summed E-state index contributed by atoms with van der Waals surface area (Å²) >= 11 is 0. The van der Waals surface area contributed by atoms with Crippen LogP contribution >= 0.6 is 0 Å². The first-order valence-electron chi connectivity index (χ1n) is 6.37. The van der Waals surface area contributed by atoms with Crippen LogP contribution in [0, 0.1) is 0 Å². The Morgan fingerprint density at radius 1 is 1.58 bits per heavy atom. The van der Waals surface area contributed by atoms with E-state index in [0.717, 1.165) is 26.3 Å². The SMILES string of the molecule is C[C@H](O)CNC(=O)c1cc(CN2CCOCC2)on1. The first-order chi connectivity index (χ1) is 9.15. The summed E-state index contributed by atoms with van der Waals surface area (Å²) in [6.45, 7) is 5.57. The summed E-state index contributed by atoms with van der Waals surface area (Å²) in [5, 5.41) is 15.4. The van der Waals surface area contributed by atoms with Crippen LogP contribution in [0.25, 0.3) is 0 Å². The van der Waals surface area contributed by atoms with Gasteiger partial charge in [0.1, 0.15) is 0 Å². The van der Waals surface area contributed by atoms with Crippen molar-refractivity contribution >= 4 is 5.91 Å². The van der Waals surface area contributed by atoms with E-state index < -0.39 is 6.10 Å². The molecule has 7 nitrogen and oxygen atoms in total. The third-order valence-corrected chi connectivity index (χ3v) is 2.83. The lowest BCUT2D eigenvalue weighted by atomic mass is 10.3. The van der Waals surface area contributed by atoms with Crippen LogP contribution in [0.5, 0.6) is 0 Å². The minimum atomic E-state index is -0.580. The molecule has 1 aliphatic rings. The molecule has 0 unspecified atom stereocenters. The van der Waals surface area contributed by atoms with Gasteiger partial charge in [0.25, 0.3) is 5.91 Å². The van der Waals surface area contributed by atoms with Gasteiger partial charge < -0.3 is 19.7 Å². The maximum absolute atomic E-state index is 11.7. The standard InChI is InChI=1S/C12H19N3O4/c1-9(16)7-13-12(17)11-6-10(19-14-11)8-15-2-4-18-5-3-15/h6,9,16H,2-5,7-8H2,1H3,(H,13,17)/t9-/m0/s1. The van der Waals surface area contributed by atoms with E-state index in [1.807, 2.05) is 0 Å². The smallest absolute Gasteiger partial charge is 0.273 e. The molecule has 2 heterocycles. The van der Waals surface area contributed by atoms with Crippen LogP contribution in [0.3, 0.4) is 0 Å². The minimum absolute atomic E-state index is 0.199. The van der Waals surface area contributed by atoms with Crippen LogP contribution < -0.4 is 5.32 Å². The largest absolute Gasteiger partial charge is 0.392 e. The highest BCUT2D eigenvalue weighted by molar-refractivity contribution is 5.92. The zero-order valence-electron chi connectivity index (χ0n) is 11.0. The van der Waals surface area contributed by atoms with Crippen molar-refractivity contribution in [2.24, 2.45) is 0 Å². The second-order valence-electron chi connectivity index (χ2n) is 4.63. The van der Waals surface area contributed by atoms with Gasteiger partial charge in [-0.2, -0.15) is 0 Å². The molecule has 106 valence electrons. The van der Waals surface area contributed by atoms with Gasteiger partial charge in [-0.15, -0.1) is 0 Å². The van der Waals surface area contributed by atoms with Crippen molar-refractivity contribution in [1.29, 1.82) is 0 Å². The molecule has 1 fully saturated rings. The Bertz CT molecular complexity index is 413. The zero-order chi connectivity index (χ0) is 13.7. The lowest BCUT2D eigenvalue weighted by molar-refractivity contribution is 0.0305. The van der Waals surface area contributed by atoms with Crippen LogP contribution in [-0.4, -0.2) is 60.0 Å². The average Bonchev–Trinajstić information content (AvgIpc) is 2.85. The van der Waals surface area contributed by atoms with E-state index in [-0.39, 0.29) is 18.1 Å². The van der Waals surface area contributed by atoms with E-state index in [4.69, 9.17) is 14.4 Å². The van der Waals surface area contributed by atoms with Gasteiger partial charge in [-0.1, -0.05) is 5.16 Å². The van der Waals surface area contributed by atoms with Crippen molar-refractivity contribution in [3.05, 3.63) is 17.5 Å². The molecule has 0 aliphatic carbocycles. The molecular formula is C12H19N3O4. The van der Waals surface area contributed by atoms with Crippen LogP contribution in [0.4, 0.5) is 0 Å². The van der Waals surface area contributed by atoms with Gasteiger partial charge in [0.2, 0.25) is 0 Å². The number of carbonyl (C=O) groups excluding carboxylic acids is 1. The quantitative estimate of drug-likeness (QED) is 0.757. The third-order valence-electron chi connectivity index (χ3n) is 2.83. The number of aliphatic hydroxyl groups excluding tert-OH is 1. The fourth-order valence-electron chi connectivity index (χ4n) is 1.81. The predicted molar refractivity (Wildman–Crippen MR) is 66.6 cm³/mol. The van der Waals surface area contributed by atoms with E-state index in [1.165, 1.54) is 0 Å². The lowest BCUT2D eigenvalue weighted by Gasteiger charge is -2.25. The molecule has 1 saturated heterocycles. The second kappa shape index (κ2) is 6.65. The summed E-state index contributed by atoms with van der Waals surface area (Å²) in [5.41, 5.74) is 0.240. The molecular weight excluding hydrogens is 250 g/mol. The maximum atomic E-state index is 11.7. The van der Waals surface area contributed by atoms with Crippen LogP contribution in [-0.2, 0) is 11.3 Å². The van der Waals surface area contributed by atoms with E-state index >= 15 is 0 Å². The molecule has 1 aromatic heterocycles. The fourth-order valence-corrected chi connectivity index (χ4v) is 1.81. The molecule has 2 rings (SSSR count). The summed E-state index contributed by atoms with van der Waals surface area (Å²) in [6.07, 6.45) is -0.580. The van der Waals surface area contributed by atoms with Gasteiger partial charge >= 0.3 is 0 Å². The summed E-state index contributed by atoms with van der Waals surface area (Å²) in [7, 11) is 0. The van der Waals surface area contributed by atoms with E-state index in [2.05, 4.69) is 15.4 Å². The molecule has 1 aromatic rings. The van der Waals surface area contributed by atoms with E-state index in [1.54, 1.807) is 13.0 Å². The number of nitrogens with one attached hydrogen (secondary N) is 1. The number of nitrogens with zero attached hydrogens (tertiary/aromatic N) is 2. The number of carbonyl (C=O) groups is 1. The van der Waals surface area contributed by atoms with Gasteiger partial charge in [-0.3, -0.25) is 9.69 Å². The van der Waals surface area contributed by atoms with Crippen LogP contribution in [0.15, 0.2) is 10.6 Å². The Hall–Kier alpha value is -1.44. The Morgan fingerprint density at radius 2 is 2.32 bits per heavy atom. The summed E-state index contributed by atoms with van der Waals surface area (Å²) in [5.74, 6) is 0.321. The van der Waals surface area contributed by atoms with Gasteiger partial charge in [0.15, 0.2) is 11.5 Å². The molecule has 0 saturated carbocycles.